The molecule has 1 aromatic heterocycles. The summed E-state index contributed by atoms with van der Waals surface area (Å²) in [5.41, 5.74) is 1.96. The molecule has 0 amide bonds. The van der Waals surface area contributed by atoms with E-state index in [4.69, 9.17) is 0 Å². The van der Waals surface area contributed by atoms with Gasteiger partial charge in [-0.25, -0.2) is 13.6 Å². The Labute approximate surface area is 134 Å². The first-order valence-electron chi connectivity index (χ1n) is 8.35. The summed E-state index contributed by atoms with van der Waals surface area (Å²) in [6.07, 6.45) is 2.96. The molecule has 1 aromatic rings. The molecule has 7 heteroatoms. The van der Waals surface area contributed by atoms with Crippen molar-refractivity contribution in [1.29, 1.82) is 0 Å². The second-order valence-corrected chi connectivity index (χ2v) is 6.59. The molecule has 1 N–H and O–H groups in total. The number of aromatic carboxylic acids is 1. The van der Waals surface area contributed by atoms with E-state index in [2.05, 4.69) is 10.00 Å². The maximum Gasteiger partial charge on any atom is 0.356 e. The van der Waals surface area contributed by atoms with Crippen LogP contribution in [0, 0.1) is 0 Å². The normalized spacial score (nSPS) is 24.4. The van der Waals surface area contributed by atoms with Crippen molar-refractivity contribution < 1.29 is 18.7 Å². The molecule has 128 valence electrons. The molecule has 1 saturated heterocycles. The molecule has 0 bridgehead atoms. The van der Waals surface area contributed by atoms with Crippen LogP contribution in [0.15, 0.2) is 0 Å². The van der Waals surface area contributed by atoms with E-state index in [9.17, 15) is 18.7 Å². The minimum Gasteiger partial charge on any atom is -0.476 e. The standard InChI is InChI=1S/C16H23F2N3O2/c1-2-7-21-13-4-3-11(10-12(13)14(19-21)15(22)23)20-8-5-16(17,18)6-9-20/h11H,2-10H2,1H3,(H,22,23)/t11-/m1/s1. The lowest BCUT2D eigenvalue weighted by Crippen LogP contribution is -2.47. The molecule has 0 unspecified atom stereocenters. The zero-order chi connectivity index (χ0) is 16.6. The summed E-state index contributed by atoms with van der Waals surface area (Å²) in [4.78, 5) is 13.6. The molecule has 3 rings (SSSR count). The lowest BCUT2D eigenvalue weighted by Gasteiger charge is -2.39. The van der Waals surface area contributed by atoms with E-state index >= 15 is 0 Å². The number of piperidine rings is 1. The van der Waals surface area contributed by atoms with Gasteiger partial charge in [0.1, 0.15) is 0 Å². The predicted octanol–water partition coefficient (Wildman–Crippen LogP) is 2.58. The number of hydrogen-bond acceptors (Lipinski definition) is 3. The number of aryl methyl sites for hydroxylation is 1. The van der Waals surface area contributed by atoms with E-state index < -0.39 is 11.9 Å². The molecule has 23 heavy (non-hydrogen) atoms. The highest BCUT2D eigenvalue weighted by molar-refractivity contribution is 5.87. The first kappa shape index (κ1) is 16.4. The largest absolute Gasteiger partial charge is 0.476 e. The van der Waals surface area contributed by atoms with Crippen LogP contribution in [-0.2, 0) is 19.4 Å². The Balaban J connectivity index is 1.79. The highest BCUT2D eigenvalue weighted by atomic mass is 19.3. The molecule has 0 saturated carbocycles. The van der Waals surface area contributed by atoms with Gasteiger partial charge in [-0.3, -0.25) is 9.58 Å². The number of nitrogens with zero attached hydrogens (tertiary/aromatic N) is 3. The van der Waals surface area contributed by atoms with Crippen LogP contribution in [0.25, 0.3) is 0 Å². The highest BCUT2D eigenvalue weighted by Gasteiger charge is 2.38. The third-order valence-electron chi connectivity index (χ3n) is 5.00. The van der Waals surface area contributed by atoms with Gasteiger partial charge >= 0.3 is 5.97 Å². The van der Waals surface area contributed by atoms with Crippen molar-refractivity contribution >= 4 is 5.97 Å². The lowest BCUT2D eigenvalue weighted by molar-refractivity contribution is -0.0639. The number of carboxylic acid groups (broad SMARTS) is 1. The van der Waals surface area contributed by atoms with Gasteiger partial charge in [0.25, 0.3) is 5.92 Å². The number of aromatic nitrogens is 2. The molecule has 0 spiro atoms. The van der Waals surface area contributed by atoms with Gasteiger partial charge in [0, 0.05) is 49.8 Å². The SMILES string of the molecule is CCCn1nc(C(=O)O)c2c1CC[C@@H](N1CCC(F)(F)CC1)C2. The van der Waals surface area contributed by atoms with Crippen molar-refractivity contribution in [1.82, 2.24) is 14.7 Å². The maximum absolute atomic E-state index is 13.3. The number of hydrogen-bond donors (Lipinski definition) is 1. The van der Waals surface area contributed by atoms with Crippen LogP contribution in [0.5, 0.6) is 0 Å². The molecule has 1 fully saturated rings. The molecule has 0 radical (unpaired) electrons. The van der Waals surface area contributed by atoms with E-state index in [1.165, 1.54) is 0 Å². The van der Waals surface area contributed by atoms with Gasteiger partial charge in [0.2, 0.25) is 0 Å². The fraction of sp³-hybridized carbons (Fsp3) is 0.750. The van der Waals surface area contributed by atoms with Crippen LogP contribution in [0.4, 0.5) is 8.78 Å². The number of likely N-dealkylation sites (tertiary alicyclic amines) is 1. The number of carboxylic acids is 1. The molecular weight excluding hydrogens is 304 g/mol. The average molecular weight is 327 g/mol. The lowest BCUT2D eigenvalue weighted by atomic mass is 9.89. The fourth-order valence-corrected chi connectivity index (χ4v) is 3.77. The van der Waals surface area contributed by atoms with Gasteiger partial charge < -0.3 is 5.11 Å². The molecule has 2 aliphatic rings. The molecule has 5 nitrogen and oxygen atoms in total. The quantitative estimate of drug-likeness (QED) is 0.923. The third-order valence-corrected chi connectivity index (χ3v) is 5.00. The van der Waals surface area contributed by atoms with Gasteiger partial charge in [0.15, 0.2) is 5.69 Å². The summed E-state index contributed by atoms with van der Waals surface area (Å²) in [5, 5.41) is 13.7. The second kappa shape index (κ2) is 6.19. The minimum absolute atomic E-state index is 0.1000. The second-order valence-electron chi connectivity index (χ2n) is 6.59. The summed E-state index contributed by atoms with van der Waals surface area (Å²) in [6.45, 7) is 3.53. The van der Waals surface area contributed by atoms with Crippen molar-refractivity contribution in [3.8, 4) is 0 Å². The van der Waals surface area contributed by atoms with Crippen LogP contribution < -0.4 is 0 Å². The van der Waals surface area contributed by atoms with Crippen LogP contribution in [0.2, 0.25) is 0 Å². The van der Waals surface area contributed by atoms with E-state index in [0.717, 1.165) is 37.1 Å². The van der Waals surface area contributed by atoms with E-state index in [-0.39, 0.29) is 24.6 Å². The monoisotopic (exact) mass is 327 g/mol. The first-order chi connectivity index (χ1) is 10.9. The van der Waals surface area contributed by atoms with Gasteiger partial charge in [-0.15, -0.1) is 0 Å². The zero-order valence-corrected chi connectivity index (χ0v) is 13.4. The number of carbonyl (C=O) groups is 1. The number of alkyl halides is 2. The Bertz CT molecular complexity index is 590. The fourth-order valence-electron chi connectivity index (χ4n) is 3.77. The molecule has 1 aliphatic carbocycles. The van der Waals surface area contributed by atoms with Gasteiger partial charge in [-0.05, 0) is 25.7 Å². The minimum atomic E-state index is -2.55. The van der Waals surface area contributed by atoms with Crippen molar-refractivity contribution in [2.75, 3.05) is 13.1 Å². The zero-order valence-electron chi connectivity index (χ0n) is 13.4. The van der Waals surface area contributed by atoms with Crippen LogP contribution >= 0.6 is 0 Å². The van der Waals surface area contributed by atoms with E-state index in [1.807, 2.05) is 11.6 Å². The number of fused-ring (bicyclic) bond motifs is 1. The number of halogens is 2. The van der Waals surface area contributed by atoms with Gasteiger partial charge in [0.05, 0.1) is 0 Å². The van der Waals surface area contributed by atoms with Gasteiger partial charge in [-0.1, -0.05) is 6.92 Å². The molecule has 1 atom stereocenters. The Morgan fingerprint density at radius 3 is 2.70 bits per heavy atom. The average Bonchev–Trinajstić information content (AvgIpc) is 2.86. The molecule has 2 heterocycles. The third kappa shape index (κ3) is 3.24. The van der Waals surface area contributed by atoms with Crippen molar-refractivity contribution in [3.63, 3.8) is 0 Å². The maximum atomic E-state index is 13.3. The first-order valence-corrected chi connectivity index (χ1v) is 8.35. The summed E-state index contributed by atoms with van der Waals surface area (Å²) in [7, 11) is 0. The van der Waals surface area contributed by atoms with Gasteiger partial charge in [-0.2, -0.15) is 5.10 Å². The van der Waals surface area contributed by atoms with E-state index in [0.29, 0.717) is 19.5 Å². The Morgan fingerprint density at radius 2 is 2.09 bits per heavy atom. The van der Waals surface area contributed by atoms with Crippen LogP contribution in [0.3, 0.4) is 0 Å². The summed E-state index contributed by atoms with van der Waals surface area (Å²) in [5.74, 6) is -3.55. The smallest absolute Gasteiger partial charge is 0.356 e. The van der Waals surface area contributed by atoms with Crippen molar-refractivity contribution in [2.45, 2.75) is 64.0 Å². The summed E-state index contributed by atoms with van der Waals surface area (Å²) in [6, 6.07) is 0.149. The van der Waals surface area contributed by atoms with Crippen LogP contribution in [-0.4, -0.2) is 50.8 Å². The predicted molar refractivity (Wildman–Crippen MR) is 81.0 cm³/mol. The molecule has 1 aliphatic heterocycles. The molecule has 0 aromatic carbocycles. The Hall–Kier alpha value is -1.50. The Kier molecular flexibility index (Phi) is 4.40. The van der Waals surface area contributed by atoms with Crippen molar-refractivity contribution in [2.24, 2.45) is 0 Å². The van der Waals surface area contributed by atoms with E-state index in [1.54, 1.807) is 0 Å². The highest BCUT2D eigenvalue weighted by Crippen LogP contribution is 2.33. The molecular formula is C16H23F2N3O2. The topological polar surface area (TPSA) is 58.4 Å². The Morgan fingerprint density at radius 1 is 1.39 bits per heavy atom. The number of rotatable bonds is 4. The summed E-state index contributed by atoms with van der Waals surface area (Å²) < 4.78 is 28.5. The summed E-state index contributed by atoms with van der Waals surface area (Å²) >= 11 is 0. The van der Waals surface area contributed by atoms with Crippen molar-refractivity contribution in [3.05, 3.63) is 17.0 Å². The van der Waals surface area contributed by atoms with Crippen LogP contribution in [0.1, 0.15) is 54.4 Å².